The summed E-state index contributed by atoms with van der Waals surface area (Å²) in [4.78, 5) is 30.2. The Hall–Kier alpha value is -3.49. The number of quaternary nitrogens is 1. The summed E-state index contributed by atoms with van der Waals surface area (Å²) in [5, 5.41) is 0.125. The molecule has 1 N–H and O–H groups in total. The summed E-state index contributed by atoms with van der Waals surface area (Å²) >= 11 is 0. The summed E-state index contributed by atoms with van der Waals surface area (Å²) in [7, 11) is 0. The SMILES string of the molecule is C=CCOc1cccc(C2c3c(oc4ccc(F)cc4c3=O)C(=O)N2CCC[NH+]2CCOCC2)c1. The molecule has 1 atom stereocenters. The molecule has 0 saturated carbocycles. The number of morpholine rings is 1. The molecular weight excluding hydrogens is 451 g/mol. The number of nitrogens with one attached hydrogen (secondary N) is 1. The van der Waals surface area contributed by atoms with Crippen LogP contribution in [0.5, 0.6) is 5.75 Å². The molecule has 5 rings (SSSR count). The monoisotopic (exact) mass is 479 g/mol. The molecule has 0 bridgehead atoms. The highest BCUT2D eigenvalue weighted by Crippen LogP contribution is 2.39. The Morgan fingerprint density at radius 3 is 2.80 bits per heavy atom. The summed E-state index contributed by atoms with van der Waals surface area (Å²) in [6.07, 6.45) is 2.41. The zero-order valence-electron chi connectivity index (χ0n) is 19.4. The van der Waals surface area contributed by atoms with E-state index < -0.39 is 17.3 Å². The van der Waals surface area contributed by atoms with Gasteiger partial charge in [0.15, 0.2) is 5.43 Å². The number of amides is 1. The van der Waals surface area contributed by atoms with Crippen LogP contribution in [0, 0.1) is 5.82 Å². The third kappa shape index (κ3) is 4.59. The number of hydrogen-bond donors (Lipinski definition) is 1. The number of carbonyl (C=O) groups is 1. The van der Waals surface area contributed by atoms with Crippen molar-refractivity contribution in [1.82, 2.24) is 4.90 Å². The van der Waals surface area contributed by atoms with Gasteiger partial charge in [-0.25, -0.2) is 4.39 Å². The second-order valence-electron chi connectivity index (χ2n) is 8.85. The van der Waals surface area contributed by atoms with Gasteiger partial charge in [0.2, 0.25) is 5.76 Å². The van der Waals surface area contributed by atoms with Crippen molar-refractivity contribution in [3.8, 4) is 5.75 Å². The molecule has 182 valence electrons. The summed E-state index contributed by atoms with van der Waals surface area (Å²) in [6, 6.07) is 10.5. The molecule has 8 heteroatoms. The van der Waals surface area contributed by atoms with Crippen LogP contribution in [0.2, 0.25) is 0 Å². The number of fused-ring (bicyclic) bond motifs is 2. The van der Waals surface area contributed by atoms with E-state index in [1.165, 1.54) is 17.0 Å². The van der Waals surface area contributed by atoms with Crippen LogP contribution in [0.3, 0.4) is 0 Å². The van der Waals surface area contributed by atoms with Gasteiger partial charge in [-0.15, -0.1) is 0 Å². The largest absolute Gasteiger partial charge is 0.490 e. The number of rotatable bonds is 8. The van der Waals surface area contributed by atoms with Gasteiger partial charge in [0, 0.05) is 13.0 Å². The minimum Gasteiger partial charge on any atom is -0.490 e. The summed E-state index contributed by atoms with van der Waals surface area (Å²) in [5.74, 6) is -0.231. The molecule has 2 aliphatic heterocycles. The van der Waals surface area contributed by atoms with Gasteiger partial charge in [0.1, 0.15) is 36.8 Å². The van der Waals surface area contributed by atoms with E-state index in [-0.39, 0.29) is 28.2 Å². The number of halogens is 1. The Morgan fingerprint density at radius 2 is 2.00 bits per heavy atom. The Morgan fingerprint density at radius 1 is 1.17 bits per heavy atom. The smallest absolute Gasteiger partial charge is 0.290 e. The number of carbonyl (C=O) groups excluding carboxylic acids is 1. The number of nitrogens with zero attached hydrogens (tertiary/aromatic N) is 1. The second-order valence-corrected chi connectivity index (χ2v) is 8.85. The van der Waals surface area contributed by atoms with E-state index in [1.807, 2.05) is 24.3 Å². The van der Waals surface area contributed by atoms with Crippen molar-refractivity contribution in [1.29, 1.82) is 0 Å². The molecule has 1 unspecified atom stereocenters. The molecule has 7 nitrogen and oxygen atoms in total. The maximum atomic E-state index is 14.0. The summed E-state index contributed by atoms with van der Waals surface area (Å²) < 4.78 is 31.0. The van der Waals surface area contributed by atoms with Gasteiger partial charge in [-0.2, -0.15) is 0 Å². The minimum absolute atomic E-state index is 0.0234. The number of benzene rings is 2. The van der Waals surface area contributed by atoms with E-state index in [2.05, 4.69) is 6.58 Å². The lowest BCUT2D eigenvalue weighted by atomic mass is 9.98. The van der Waals surface area contributed by atoms with Crippen molar-refractivity contribution in [2.75, 3.05) is 46.0 Å². The van der Waals surface area contributed by atoms with Gasteiger partial charge >= 0.3 is 0 Å². The van der Waals surface area contributed by atoms with Gasteiger partial charge in [0.25, 0.3) is 5.91 Å². The second kappa shape index (κ2) is 10.0. The molecule has 1 saturated heterocycles. The van der Waals surface area contributed by atoms with Crippen LogP contribution in [0.4, 0.5) is 4.39 Å². The van der Waals surface area contributed by atoms with Gasteiger partial charge in [-0.1, -0.05) is 24.8 Å². The zero-order chi connectivity index (χ0) is 24.4. The predicted molar refractivity (Wildman–Crippen MR) is 128 cm³/mol. The van der Waals surface area contributed by atoms with Crippen LogP contribution in [0.15, 0.2) is 64.3 Å². The van der Waals surface area contributed by atoms with E-state index in [4.69, 9.17) is 13.9 Å². The Labute approximate surface area is 202 Å². The molecule has 1 amide bonds. The molecule has 35 heavy (non-hydrogen) atoms. The van der Waals surface area contributed by atoms with Crippen molar-refractivity contribution in [3.05, 3.63) is 88.0 Å². The van der Waals surface area contributed by atoms with E-state index in [9.17, 15) is 14.0 Å². The van der Waals surface area contributed by atoms with Crippen LogP contribution < -0.4 is 15.1 Å². The first-order chi connectivity index (χ1) is 17.1. The minimum atomic E-state index is -0.645. The van der Waals surface area contributed by atoms with E-state index in [1.54, 1.807) is 11.0 Å². The summed E-state index contributed by atoms with van der Waals surface area (Å²) in [5.41, 5.74) is 0.788. The highest BCUT2D eigenvalue weighted by molar-refractivity contribution is 5.99. The maximum absolute atomic E-state index is 14.0. The van der Waals surface area contributed by atoms with Crippen LogP contribution in [-0.4, -0.2) is 56.8 Å². The van der Waals surface area contributed by atoms with Gasteiger partial charge in [-0.05, 0) is 35.9 Å². The number of hydrogen-bond acceptors (Lipinski definition) is 5. The molecule has 0 spiro atoms. The lowest BCUT2D eigenvalue weighted by Gasteiger charge is -2.27. The fourth-order valence-electron chi connectivity index (χ4n) is 4.91. The van der Waals surface area contributed by atoms with Crippen LogP contribution in [0.1, 0.15) is 34.1 Å². The first-order valence-corrected chi connectivity index (χ1v) is 11.9. The molecule has 0 radical (unpaired) electrons. The third-order valence-corrected chi connectivity index (χ3v) is 6.60. The Balaban J connectivity index is 1.54. The van der Waals surface area contributed by atoms with Crippen molar-refractivity contribution >= 4 is 16.9 Å². The zero-order valence-corrected chi connectivity index (χ0v) is 19.4. The van der Waals surface area contributed by atoms with E-state index >= 15 is 0 Å². The fourth-order valence-corrected chi connectivity index (χ4v) is 4.91. The molecule has 1 fully saturated rings. The molecule has 3 heterocycles. The predicted octanol–water partition coefficient (Wildman–Crippen LogP) is 2.35. The van der Waals surface area contributed by atoms with Crippen LogP contribution in [0.25, 0.3) is 11.0 Å². The van der Waals surface area contributed by atoms with Crippen molar-refractivity contribution < 1.29 is 28.0 Å². The quantitative estimate of drug-likeness (QED) is 0.502. The Kier molecular flexibility index (Phi) is 6.66. The molecule has 3 aromatic rings. The van der Waals surface area contributed by atoms with Gasteiger partial charge < -0.3 is 23.7 Å². The van der Waals surface area contributed by atoms with Crippen LogP contribution in [-0.2, 0) is 4.74 Å². The van der Waals surface area contributed by atoms with Crippen molar-refractivity contribution in [3.63, 3.8) is 0 Å². The molecule has 2 aliphatic rings. The first-order valence-electron chi connectivity index (χ1n) is 11.9. The Bertz CT molecular complexity index is 1310. The number of ether oxygens (including phenoxy) is 2. The van der Waals surface area contributed by atoms with Crippen molar-refractivity contribution in [2.45, 2.75) is 12.5 Å². The van der Waals surface area contributed by atoms with E-state index in [0.717, 1.165) is 50.9 Å². The fraction of sp³-hybridized carbons (Fsp3) is 0.333. The maximum Gasteiger partial charge on any atom is 0.290 e. The molecule has 2 aromatic carbocycles. The average Bonchev–Trinajstić information content (AvgIpc) is 3.16. The molecule has 1 aromatic heterocycles. The van der Waals surface area contributed by atoms with E-state index in [0.29, 0.717) is 18.9 Å². The molecular formula is C27H28FN2O5+. The highest BCUT2D eigenvalue weighted by atomic mass is 19.1. The highest BCUT2D eigenvalue weighted by Gasteiger charge is 2.42. The summed E-state index contributed by atoms with van der Waals surface area (Å²) in [6.45, 7) is 8.73. The van der Waals surface area contributed by atoms with Gasteiger partial charge in [0.05, 0.1) is 36.8 Å². The van der Waals surface area contributed by atoms with Crippen molar-refractivity contribution in [2.24, 2.45) is 0 Å². The van der Waals surface area contributed by atoms with Gasteiger partial charge in [-0.3, -0.25) is 9.59 Å². The average molecular weight is 480 g/mol. The normalized spacial score (nSPS) is 18.1. The standard InChI is InChI=1S/C27H27FN2O5/c1-2-13-34-20-6-3-5-18(16-20)24-23-25(31)21-17-19(28)7-8-22(21)35-26(23)27(32)30(24)10-4-9-29-11-14-33-15-12-29/h2-3,5-8,16-17,24H,1,4,9-15H2/p+1. The first kappa shape index (κ1) is 23.3. The molecule has 0 aliphatic carbocycles. The topological polar surface area (TPSA) is 73.4 Å². The third-order valence-electron chi connectivity index (χ3n) is 6.60. The van der Waals surface area contributed by atoms with Crippen LogP contribution >= 0.6 is 0 Å². The lowest BCUT2D eigenvalue weighted by Crippen LogP contribution is -3.14. The lowest BCUT2D eigenvalue weighted by molar-refractivity contribution is -0.908.